The predicted molar refractivity (Wildman–Crippen MR) is 278 cm³/mol. The average Bonchev–Trinajstić information content (AvgIpc) is 3.44. The maximum atomic E-state index is 14.4. The number of nitrogens with zero attached hydrogens (tertiary/aromatic N) is 2. The van der Waals surface area contributed by atoms with Crippen LogP contribution < -0.4 is 10.2 Å². The van der Waals surface area contributed by atoms with E-state index in [4.69, 9.17) is 9.73 Å². The van der Waals surface area contributed by atoms with Gasteiger partial charge < -0.3 is 15.0 Å². The lowest BCUT2D eigenvalue weighted by Crippen LogP contribution is -2.50. The molecule has 3 rings (SSSR count). The average molecular weight is 888 g/mol. The summed E-state index contributed by atoms with van der Waals surface area (Å²) >= 11 is 0. The number of rotatable bonds is 20. The van der Waals surface area contributed by atoms with E-state index in [2.05, 4.69) is 97.0 Å². The molecule has 2 aliphatic rings. The van der Waals surface area contributed by atoms with Crippen LogP contribution in [0, 0.1) is 17.8 Å². The Morgan fingerprint density at radius 3 is 1.95 bits per heavy atom. The number of esters is 1. The van der Waals surface area contributed by atoms with E-state index in [1.807, 2.05) is 74.6 Å². The Balaban J connectivity index is 0.00000155. The van der Waals surface area contributed by atoms with Crippen LogP contribution in [0.15, 0.2) is 89.1 Å². The summed E-state index contributed by atoms with van der Waals surface area (Å²) in [5, 5.41) is 3.19. The first-order valence-electron chi connectivity index (χ1n) is 24.8. The molecule has 1 N–H and O–H groups in total. The summed E-state index contributed by atoms with van der Waals surface area (Å²) in [7, 11) is 0. The lowest BCUT2D eigenvalue weighted by molar-refractivity contribution is -0.158. The van der Waals surface area contributed by atoms with Crippen LogP contribution in [0.1, 0.15) is 212 Å². The minimum atomic E-state index is -0.441. The molecule has 362 valence electrons. The predicted octanol–water partition coefficient (Wildman–Crippen LogP) is 16.9. The lowest BCUT2D eigenvalue weighted by atomic mass is 9.73. The topological polar surface area (TPSA) is 71.0 Å². The van der Waals surface area contributed by atoms with Crippen molar-refractivity contribution in [1.82, 2.24) is 5.32 Å². The first-order valence-corrected chi connectivity index (χ1v) is 24.8. The van der Waals surface area contributed by atoms with Crippen molar-refractivity contribution in [2.45, 2.75) is 218 Å². The summed E-state index contributed by atoms with van der Waals surface area (Å²) in [6.45, 7) is 42.6. The maximum absolute atomic E-state index is 14.4. The number of hydrogen-bond donors (Lipinski definition) is 1. The highest BCUT2D eigenvalue weighted by molar-refractivity contribution is 6.09. The Morgan fingerprint density at radius 2 is 1.53 bits per heavy atom. The van der Waals surface area contributed by atoms with Gasteiger partial charge in [-0.25, -0.2) is 4.39 Å². The molecule has 64 heavy (non-hydrogen) atoms. The summed E-state index contributed by atoms with van der Waals surface area (Å²) in [5.41, 5.74) is 6.00. The van der Waals surface area contributed by atoms with E-state index in [0.717, 1.165) is 91.1 Å². The van der Waals surface area contributed by atoms with Gasteiger partial charge in [-0.15, -0.1) is 0 Å². The SMILES string of the molecule is C=C/C(F)=C(\C=C/C)N/C(C)=C(C)/C(=C\C(=C)c1ccc2c(c1)N(C1CC(CC)C1)C(=O)C2(CCC)CCC)N=CCC.CC(C)C.CC(C)C(=O)OC(C)(C)C.CCCCCCC. The number of carbonyl (C=O) groups excluding carboxylic acids is 2. The van der Waals surface area contributed by atoms with E-state index in [9.17, 15) is 14.0 Å². The van der Waals surface area contributed by atoms with Gasteiger partial charge >= 0.3 is 5.97 Å². The summed E-state index contributed by atoms with van der Waals surface area (Å²) in [6.07, 6.45) is 23.3. The number of hydrogen-bond acceptors (Lipinski definition) is 5. The van der Waals surface area contributed by atoms with E-state index in [-0.39, 0.29) is 29.4 Å². The highest BCUT2D eigenvalue weighted by Gasteiger charge is 2.53. The number of fused-ring (bicyclic) bond motifs is 1. The number of allylic oxidation sites excluding steroid dienone is 8. The van der Waals surface area contributed by atoms with Gasteiger partial charge in [0.25, 0.3) is 0 Å². The Bertz CT molecular complexity index is 1730. The van der Waals surface area contributed by atoms with Gasteiger partial charge in [-0.2, -0.15) is 0 Å². The van der Waals surface area contributed by atoms with E-state index in [0.29, 0.717) is 11.6 Å². The van der Waals surface area contributed by atoms with Crippen molar-refractivity contribution in [3.8, 4) is 0 Å². The second kappa shape index (κ2) is 31.0. The molecule has 0 aromatic heterocycles. The van der Waals surface area contributed by atoms with Gasteiger partial charge in [-0.1, -0.05) is 159 Å². The molecule has 0 atom stereocenters. The third-order valence-corrected chi connectivity index (χ3v) is 11.1. The molecule has 1 aliphatic heterocycles. The van der Waals surface area contributed by atoms with Crippen LogP contribution >= 0.6 is 0 Å². The molecule has 1 saturated carbocycles. The third kappa shape index (κ3) is 20.0. The number of anilines is 1. The Kier molecular flexibility index (Phi) is 29.1. The minimum Gasteiger partial charge on any atom is -0.460 e. The molecule has 1 amide bonds. The second-order valence-corrected chi connectivity index (χ2v) is 19.5. The van der Waals surface area contributed by atoms with Crippen molar-refractivity contribution >= 4 is 29.4 Å². The molecule has 6 nitrogen and oxygen atoms in total. The number of benzene rings is 1. The summed E-state index contributed by atoms with van der Waals surface area (Å²) < 4.78 is 19.5. The van der Waals surface area contributed by atoms with Crippen LogP contribution in [0.25, 0.3) is 5.57 Å². The monoisotopic (exact) mass is 888 g/mol. The molecule has 1 fully saturated rings. The standard InChI is InChI=1S/C38H52FN3O.C8H16O2.C7H16.C4H10/c1-10-16-34(33(39)15-6)41-28(9)27(8)35(40-21-13-4)22-26(7)30-17-18-32-36(25-30)42(31-23-29(14-5)24-31)37(43)38(32,19-11-2)20-12-3;1-6(2)7(9)10-8(3,4)5;1-3-5-7-6-4-2;1-4(2)3/h10,15-18,21-22,25,29,31,41H,6-7,11-14,19-20,23-24H2,1-5,8-9H3;6H,1-5H3;3-7H2,1-2H3;4H,1-3H3/b16-10-,28-27+,34-33-,35-22+,40-21?;;;. The Hall–Kier alpha value is -4.00. The zero-order valence-electron chi connectivity index (χ0n) is 44.0. The quantitative estimate of drug-likeness (QED) is 0.0613. The molecule has 1 aromatic rings. The molecular weight excluding hydrogens is 794 g/mol. The maximum Gasteiger partial charge on any atom is 0.308 e. The Labute approximate surface area is 393 Å². The first-order chi connectivity index (χ1) is 30.1. The molecular formula is C57H94FN3O3. The molecule has 7 heteroatoms. The van der Waals surface area contributed by atoms with Crippen molar-refractivity contribution < 1.29 is 18.7 Å². The summed E-state index contributed by atoms with van der Waals surface area (Å²) in [6, 6.07) is 6.74. The second-order valence-electron chi connectivity index (χ2n) is 19.5. The number of ether oxygens (including phenoxy) is 1. The molecule has 1 aromatic carbocycles. The van der Waals surface area contributed by atoms with Crippen LogP contribution in [0.4, 0.5) is 10.1 Å². The van der Waals surface area contributed by atoms with Crippen LogP contribution in [0.2, 0.25) is 0 Å². The number of carbonyl (C=O) groups is 2. The summed E-state index contributed by atoms with van der Waals surface area (Å²) in [4.78, 5) is 32.1. The van der Waals surface area contributed by atoms with Crippen LogP contribution in [0.5, 0.6) is 0 Å². The third-order valence-electron chi connectivity index (χ3n) is 11.1. The highest BCUT2D eigenvalue weighted by Crippen LogP contribution is 2.52. The van der Waals surface area contributed by atoms with Gasteiger partial charge in [-0.05, 0) is 132 Å². The number of amides is 1. The molecule has 1 heterocycles. The number of halogens is 1. The van der Waals surface area contributed by atoms with Gasteiger partial charge in [0, 0.05) is 23.6 Å². The van der Waals surface area contributed by atoms with Crippen LogP contribution in [-0.4, -0.2) is 29.7 Å². The lowest BCUT2D eigenvalue weighted by Gasteiger charge is -2.42. The van der Waals surface area contributed by atoms with Gasteiger partial charge in [0.2, 0.25) is 5.91 Å². The highest BCUT2D eigenvalue weighted by atomic mass is 19.1. The minimum absolute atomic E-state index is 0.0285. The van der Waals surface area contributed by atoms with Crippen molar-refractivity contribution in [2.24, 2.45) is 22.7 Å². The molecule has 0 saturated heterocycles. The van der Waals surface area contributed by atoms with E-state index >= 15 is 0 Å². The zero-order chi connectivity index (χ0) is 49.2. The van der Waals surface area contributed by atoms with Gasteiger partial charge in [0.15, 0.2) is 0 Å². The van der Waals surface area contributed by atoms with Crippen molar-refractivity contribution in [3.05, 3.63) is 95.3 Å². The van der Waals surface area contributed by atoms with Gasteiger partial charge in [0.05, 0.1) is 22.7 Å². The van der Waals surface area contributed by atoms with Crippen LogP contribution in [0.3, 0.4) is 0 Å². The van der Waals surface area contributed by atoms with Crippen molar-refractivity contribution in [1.29, 1.82) is 0 Å². The molecule has 0 spiro atoms. The summed E-state index contributed by atoms with van der Waals surface area (Å²) in [5.74, 6) is 1.23. The van der Waals surface area contributed by atoms with Crippen molar-refractivity contribution in [3.63, 3.8) is 0 Å². The van der Waals surface area contributed by atoms with Gasteiger partial charge in [-0.3, -0.25) is 14.6 Å². The van der Waals surface area contributed by atoms with Gasteiger partial charge in [0.1, 0.15) is 11.4 Å². The molecule has 0 bridgehead atoms. The largest absolute Gasteiger partial charge is 0.460 e. The van der Waals surface area contributed by atoms with E-state index in [1.165, 1.54) is 43.7 Å². The van der Waals surface area contributed by atoms with Crippen molar-refractivity contribution in [2.75, 3.05) is 4.90 Å². The molecule has 0 radical (unpaired) electrons. The molecule has 0 unspecified atom stereocenters. The number of unbranched alkanes of at least 4 members (excludes halogenated alkanes) is 4. The molecule has 1 aliphatic carbocycles. The zero-order valence-corrected chi connectivity index (χ0v) is 44.0. The fourth-order valence-corrected chi connectivity index (χ4v) is 7.58. The van der Waals surface area contributed by atoms with Crippen LogP contribution in [-0.2, 0) is 19.7 Å². The first kappa shape index (κ1) is 60.0. The fourth-order valence-electron chi connectivity index (χ4n) is 7.58. The fraction of sp³-hybridized carbons (Fsp3) is 0.632. The smallest absolute Gasteiger partial charge is 0.308 e. The van der Waals surface area contributed by atoms with E-state index < -0.39 is 11.2 Å². The normalized spacial score (nSPS) is 17.6. The Morgan fingerprint density at radius 1 is 0.969 bits per heavy atom. The number of nitrogens with one attached hydrogen (secondary N) is 1. The van der Waals surface area contributed by atoms with E-state index in [1.54, 1.807) is 12.2 Å². The number of aliphatic imine (C=N–C) groups is 1.